The number of aliphatic imine (C=N–C) groups is 1. The third-order valence-electron chi connectivity index (χ3n) is 4.18. The van der Waals surface area contributed by atoms with Gasteiger partial charge in [-0.2, -0.15) is 0 Å². The fraction of sp³-hybridized carbons (Fsp3) is 0.667. The van der Waals surface area contributed by atoms with Crippen molar-refractivity contribution in [1.82, 2.24) is 15.6 Å². The molecule has 2 heterocycles. The summed E-state index contributed by atoms with van der Waals surface area (Å²) in [4.78, 5) is 11.4. The Balaban J connectivity index is 0.00000312. The maximum absolute atomic E-state index is 5.64. The van der Waals surface area contributed by atoms with Gasteiger partial charge in [-0.3, -0.25) is 0 Å². The predicted octanol–water partition coefficient (Wildman–Crippen LogP) is 2.78. The van der Waals surface area contributed by atoms with E-state index < -0.39 is 0 Å². The van der Waals surface area contributed by atoms with E-state index in [4.69, 9.17) is 4.74 Å². The molecule has 0 saturated carbocycles. The van der Waals surface area contributed by atoms with Gasteiger partial charge in [0.15, 0.2) is 5.96 Å². The molecule has 25 heavy (non-hydrogen) atoms. The molecule has 2 rings (SSSR count). The number of guanidine groups is 1. The van der Waals surface area contributed by atoms with Gasteiger partial charge in [0.25, 0.3) is 0 Å². The van der Waals surface area contributed by atoms with E-state index in [0.717, 1.165) is 63.0 Å². The highest BCUT2D eigenvalue weighted by Gasteiger charge is 2.15. The van der Waals surface area contributed by atoms with Crippen LogP contribution in [0.1, 0.15) is 39.2 Å². The normalized spacial score (nSPS) is 17.1. The third-order valence-corrected chi connectivity index (χ3v) is 4.18. The molecule has 1 aromatic rings. The summed E-state index contributed by atoms with van der Waals surface area (Å²) in [5, 5.41) is 6.65. The fourth-order valence-electron chi connectivity index (χ4n) is 2.77. The lowest BCUT2D eigenvalue weighted by Crippen LogP contribution is -2.41. The summed E-state index contributed by atoms with van der Waals surface area (Å²) < 4.78 is 5.64. The van der Waals surface area contributed by atoms with Crippen LogP contribution in [0.5, 0.6) is 0 Å². The van der Waals surface area contributed by atoms with Crippen molar-refractivity contribution in [3.63, 3.8) is 0 Å². The summed E-state index contributed by atoms with van der Waals surface area (Å²) in [6.45, 7) is 11.5. The highest BCUT2D eigenvalue weighted by Crippen LogP contribution is 2.12. The van der Waals surface area contributed by atoms with E-state index in [2.05, 4.69) is 58.4 Å². The van der Waals surface area contributed by atoms with Crippen LogP contribution < -0.4 is 15.5 Å². The molecule has 0 spiro atoms. The average Bonchev–Trinajstić information content (AvgIpc) is 3.13. The van der Waals surface area contributed by atoms with Crippen molar-refractivity contribution in [3.8, 4) is 0 Å². The SMILES string of the molecule is CCNC(=NCc1ccc(N(CC)CC)nc1)NCC1CCCO1.I. The number of pyridine rings is 1. The van der Waals surface area contributed by atoms with Gasteiger partial charge in [0.2, 0.25) is 0 Å². The van der Waals surface area contributed by atoms with Crippen molar-refractivity contribution < 1.29 is 4.74 Å². The second kappa shape index (κ2) is 12.3. The van der Waals surface area contributed by atoms with E-state index in [1.165, 1.54) is 0 Å². The van der Waals surface area contributed by atoms with Crippen LogP contribution in [0, 0.1) is 0 Å². The molecule has 7 heteroatoms. The van der Waals surface area contributed by atoms with Crippen LogP contribution >= 0.6 is 24.0 Å². The number of hydrogen-bond acceptors (Lipinski definition) is 4. The summed E-state index contributed by atoms with van der Waals surface area (Å²) in [7, 11) is 0. The average molecular weight is 461 g/mol. The van der Waals surface area contributed by atoms with Gasteiger partial charge in [0.1, 0.15) is 5.82 Å². The quantitative estimate of drug-likeness (QED) is 0.354. The Morgan fingerprint density at radius 1 is 1.28 bits per heavy atom. The van der Waals surface area contributed by atoms with Gasteiger partial charge in [-0.1, -0.05) is 6.07 Å². The van der Waals surface area contributed by atoms with Gasteiger partial charge in [-0.05, 0) is 45.2 Å². The molecule has 0 bridgehead atoms. The molecule has 142 valence electrons. The number of nitrogens with zero attached hydrogens (tertiary/aromatic N) is 3. The first-order valence-corrected chi connectivity index (χ1v) is 9.10. The molecule has 0 aliphatic carbocycles. The molecule has 1 fully saturated rings. The molecule has 1 saturated heterocycles. The first-order valence-electron chi connectivity index (χ1n) is 9.10. The Morgan fingerprint density at radius 2 is 2.08 bits per heavy atom. The van der Waals surface area contributed by atoms with Gasteiger partial charge in [0.05, 0.1) is 12.6 Å². The second-order valence-corrected chi connectivity index (χ2v) is 5.91. The highest BCUT2D eigenvalue weighted by atomic mass is 127. The summed E-state index contributed by atoms with van der Waals surface area (Å²) in [6, 6.07) is 4.18. The summed E-state index contributed by atoms with van der Waals surface area (Å²) >= 11 is 0. The Bertz CT molecular complexity index is 499. The van der Waals surface area contributed by atoms with E-state index in [-0.39, 0.29) is 24.0 Å². The Kier molecular flexibility index (Phi) is 10.8. The Hall–Kier alpha value is -1.09. The molecule has 2 N–H and O–H groups in total. The zero-order valence-electron chi connectivity index (χ0n) is 15.6. The maximum Gasteiger partial charge on any atom is 0.191 e. The smallest absolute Gasteiger partial charge is 0.191 e. The largest absolute Gasteiger partial charge is 0.376 e. The van der Waals surface area contributed by atoms with Gasteiger partial charge in [0, 0.05) is 39.0 Å². The molecule has 1 atom stereocenters. The van der Waals surface area contributed by atoms with Crippen molar-refractivity contribution in [2.75, 3.05) is 37.7 Å². The number of ether oxygens (including phenoxy) is 1. The fourth-order valence-corrected chi connectivity index (χ4v) is 2.77. The zero-order chi connectivity index (χ0) is 17.2. The lowest BCUT2D eigenvalue weighted by molar-refractivity contribution is 0.114. The maximum atomic E-state index is 5.64. The zero-order valence-corrected chi connectivity index (χ0v) is 18.0. The summed E-state index contributed by atoms with van der Waals surface area (Å²) in [6.07, 6.45) is 4.51. The molecule has 0 amide bonds. The topological polar surface area (TPSA) is 61.8 Å². The van der Waals surface area contributed by atoms with E-state index in [9.17, 15) is 0 Å². The van der Waals surface area contributed by atoms with E-state index >= 15 is 0 Å². The third kappa shape index (κ3) is 7.35. The van der Waals surface area contributed by atoms with Gasteiger partial charge < -0.3 is 20.3 Å². The molecule has 1 aliphatic heterocycles. The van der Waals surface area contributed by atoms with Crippen molar-refractivity contribution in [3.05, 3.63) is 23.9 Å². The minimum Gasteiger partial charge on any atom is -0.376 e. The van der Waals surface area contributed by atoms with Gasteiger partial charge in [-0.25, -0.2) is 9.98 Å². The monoisotopic (exact) mass is 461 g/mol. The van der Waals surface area contributed by atoms with Crippen molar-refractivity contribution in [1.29, 1.82) is 0 Å². The molecule has 6 nitrogen and oxygen atoms in total. The second-order valence-electron chi connectivity index (χ2n) is 5.91. The molecule has 1 aromatic heterocycles. The number of halogens is 1. The summed E-state index contributed by atoms with van der Waals surface area (Å²) in [5.74, 6) is 1.86. The van der Waals surface area contributed by atoms with Crippen LogP contribution in [-0.4, -0.2) is 49.8 Å². The lowest BCUT2D eigenvalue weighted by atomic mass is 10.2. The number of nitrogens with one attached hydrogen (secondary N) is 2. The van der Waals surface area contributed by atoms with Crippen LogP contribution in [-0.2, 0) is 11.3 Å². The molecule has 1 aliphatic rings. The van der Waals surface area contributed by atoms with Crippen LogP contribution in [0.2, 0.25) is 0 Å². The van der Waals surface area contributed by atoms with Gasteiger partial charge in [-0.15, -0.1) is 24.0 Å². The van der Waals surface area contributed by atoms with Crippen LogP contribution in [0.3, 0.4) is 0 Å². The van der Waals surface area contributed by atoms with Crippen molar-refractivity contribution in [2.45, 2.75) is 46.3 Å². The highest BCUT2D eigenvalue weighted by molar-refractivity contribution is 14.0. The predicted molar refractivity (Wildman–Crippen MR) is 115 cm³/mol. The van der Waals surface area contributed by atoms with E-state index in [1.807, 2.05) is 6.20 Å². The standard InChI is InChI=1S/C18H31N5O.HI/c1-4-19-18(22-14-16-8-7-11-24-16)21-13-15-9-10-17(20-12-15)23(5-2)6-3;/h9-10,12,16H,4-8,11,13-14H2,1-3H3,(H2,19,21,22);1H. The number of anilines is 1. The Morgan fingerprint density at radius 3 is 2.64 bits per heavy atom. The first kappa shape index (κ1) is 22.0. The van der Waals surface area contributed by atoms with Crippen molar-refractivity contribution in [2.24, 2.45) is 4.99 Å². The number of hydrogen-bond donors (Lipinski definition) is 2. The molecule has 0 radical (unpaired) electrons. The molecular weight excluding hydrogens is 429 g/mol. The van der Waals surface area contributed by atoms with Crippen molar-refractivity contribution >= 4 is 35.8 Å². The molecule has 1 unspecified atom stereocenters. The minimum absolute atomic E-state index is 0. The van der Waals surface area contributed by atoms with Crippen LogP contribution in [0.4, 0.5) is 5.82 Å². The molecular formula is C18H32IN5O. The summed E-state index contributed by atoms with van der Waals surface area (Å²) in [5.41, 5.74) is 1.11. The number of rotatable bonds is 8. The lowest BCUT2D eigenvalue weighted by Gasteiger charge is -2.19. The molecule has 0 aromatic carbocycles. The minimum atomic E-state index is 0. The van der Waals surface area contributed by atoms with E-state index in [0.29, 0.717) is 12.6 Å². The van der Waals surface area contributed by atoms with Gasteiger partial charge >= 0.3 is 0 Å². The first-order chi connectivity index (χ1) is 11.8. The Labute approximate surface area is 168 Å². The number of aromatic nitrogens is 1. The van der Waals surface area contributed by atoms with Crippen LogP contribution in [0.15, 0.2) is 23.3 Å². The van der Waals surface area contributed by atoms with Crippen LogP contribution in [0.25, 0.3) is 0 Å². The van der Waals surface area contributed by atoms with E-state index in [1.54, 1.807) is 0 Å².